The van der Waals surface area contributed by atoms with Crippen LogP contribution in [0.2, 0.25) is 5.02 Å². The number of rotatable bonds is 4. The number of carbonyl (C=O) groups is 1. The number of hydrogen-bond acceptors (Lipinski definition) is 3. The minimum absolute atomic E-state index is 0.144. The maximum atomic E-state index is 12.1. The Bertz CT molecular complexity index is 550. The molecule has 1 aromatic rings. The molecule has 6 nitrogen and oxygen atoms in total. The maximum absolute atomic E-state index is 12.1. The van der Waals surface area contributed by atoms with E-state index in [9.17, 15) is 14.9 Å². The van der Waals surface area contributed by atoms with Crippen molar-refractivity contribution in [3.05, 3.63) is 33.3 Å². The first-order valence-corrected chi connectivity index (χ1v) is 7.43. The quantitative estimate of drug-likeness (QED) is 0.655. The van der Waals surface area contributed by atoms with Crippen LogP contribution in [0.4, 0.5) is 11.4 Å². The van der Waals surface area contributed by atoms with Crippen molar-refractivity contribution in [1.29, 1.82) is 0 Å². The molecule has 0 aromatic heterocycles. The lowest BCUT2D eigenvalue weighted by Gasteiger charge is -2.29. The molecule has 1 unspecified atom stereocenters. The summed E-state index contributed by atoms with van der Waals surface area (Å²) in [4.78, 5) is 23.8. The molecule has 7 heteroatoms. The molecule has 114 valence electrons. The summed E-state index contributed by atoms with van der Waals surface area (Å²) in [6.07, 6.45) is 3.43. The fraction of sp³-hybridized carbons (Fsp3) is 0.500. The highest BCUT2D eigenvalue weighted by molar-refractivity contribution is 6.31. The Morgan fingerprint density at radius 1 is 1.52 bits per heavy atom. The van der Waals surface area contributed by atoms with Crippen LogP contribution in [0, 0.1) is 10.1 Å². The van der Waals surface area contributed by atoms with E-state index in [0.717, 1.165) is 19.4 Å². The number of anilines is 1. The lowest BCUT2D eigenvalue weighted by molar-refractivity contribution is -0.920. The standard InChI is InChI=1S/C14H18ClN3O3/c1-10-4-2-3-7-17(10)9-14(19)16-12-8-11(15)5-6-13(12)18(20)21/h5-6,8,10H,2-4,7,9H2,1H3,(H,16,19)/p+1/t10-/m1/s1. The molecule has 2 atom stereocenters. The van der Waals surface area contributed by atoms with E-state index in [2.05, 4.69) is 12.2 Å². The average Bonchev–Trinajstić information content (AvgIpc) is 2.41. The van der Waals surface area contributed by atoms with Gasteiger partial charge in [0.25, 0.3) is 11.6 Å². The van der Waals surface area contributed by atoms with E-state index in [0.29, 0.717) is 17.6 Å². The minimum atomic E-state index is -0.525. The number of carbonyl (C=O) groups excluding carboxylic acids is 1. The van der Waals surface area contributed by atoms with Crippen LogP contribution in [-0.2, 0) is 4.79 Å². The van der Waals surface area contributed by atoms with Crippen molar-refractivity contribution in [2.45, 2.75) is 32.2 Å². The van der Waals surface area contributed by atoms with Crippen LogP contribution in [0.5, 0.6) is 0 Å². The first-order chi connectivity index (χ1) is 9.97. The highest BCUT2D eigenvalue weighted by Crippen LogP contribution is 2.27. The van der Waals surface area contributed by atoms with Crippen molar-refractivity contribution in [2.24, 2.45) is 0 Å². The second kappa shape index (κ2) is 6.87. The van der Waals surface area contributed by atoms with Crippen molar-refractivity contribution in [2.75, 3.05) is 18.4 Å². The van der Waals surface area contributed by atoms with Crippen molar-refractivity contribution < 1.29 is 14.6 Å². The molecule has 0 spiro atoms. The van der Waals surface area contributed by atoms with Gasteiger partial charge in [0.15, 0.2) is 6.54 Å². The fourth-order valence-electron chi connectivity index (χ4n) is 2.68. The van der Waals surface area contributed by atoms with E-state index in [1.165, 1.54) is 29.5 Å². The first-order valence-electron chi connectivity index (χ1n) is 7.05. The maximum Gasteiger partial charge on any atom is 0.292 e. The number of nitrogens with zero attached hydrogens (tertiary/aromatic N) is 1. The summed E-state index contributed by atoms with van der Waals surface area (Å²) in [5.74, 6) is -0.218. The average molecular weight is 313 g/mol. The Hall–Kier alpha value is -1.66. The lowest BCUT2D eigenvalue weighted by atomic mass is 10.0. The Morgan fingerprint density at radius 3 is 2.95 bits per heavy atom. The number of quaternary nitrogens is 1. The molecule has 2 rings (SSSR count). The highest BCUT2D eigenvalue weighted by Gasteiger charge is 2.25. The zero-order valence-electron chi connectivity index (χ0n) is 11.9. The molecule has 2 N–H and O–H groups in total. The summed E-state index contributed by atoms with van der Waals surface area (Å²) in [5, 5.41) is 13.9. The third kappa shape index (κ3) is 4.15. The van der Waals surface area contributed by atoms with Crippen molar-refractivity contribution in [3.8, 4) is 0 Å². The highest BCUT2D eigenvalue weighted by atomic mass is 35.5. The Morgan fingerprint density at radius 2 is 2.29 bits per heavy atom. The topological polar surface area (TPSA) is 76.7 Å². The van der Waals surface area contributed by atoms with Gasteiger partial charge in [0.1, 0.15) is 5.69 Å². The van der Waals surface area contributed by atoms with Gasteiger partial charge < -0.3 is 10.2 Å². The zero-order valence-corrected chi connectivity index (χ0v) is 12.7. The lowest BCUT2D eigenvalue weighted by Crippen LogP contribution is -3.17. The van der Waals surface area contributed by atoms with Crippen LogP contribution in [0.25, 0.3) is 0 Å². The van der Waals surface area contributed by atoms with Gasteiger partial charge in [-0.2, -0.15) is 0 Å². The number of nitro groups is 1. The van der Waals surface area contributed by atoms with Crippen molar-refractivity contribution in [1.82, 2.24) is 0 Å². The van der Waals surface area contributed by atoms with Gasteiger partial charge in [0, 0.05) is 11.1 Å². The van der Waals surface area contributed by atoms with Gasteiger partial charge in [-0.05, 0) is 38.3 Å². The van der Waals surface area contributed by atoms with Crippen molar-refractivity contribution in [3.63, 3.8) is 0 Å². The van der Waals surface area contributed by atoms with Gasteiger partial charge in [-0.25, -0.2) is 0 Å². The number of amides is 1. The van der Waals surface area contributed by atoms with Crippen LogP contribution in [0.1, 0.15) is 26.2 Å². The van der Waals surface area contributed by atoms with Gasteiger partial charge in [-0.15, -0.1) is 0 Å². The third-order valence-corrected chi connectivity index (χ3v) is 4.13. The smallest absolute Gasteiger partial charge is 0.292 e. The molecule has 21 heavy (non-hydrogen) atoms. The summed E-state index contributed by atoms with van der Waals surface area (Å²) in [6.45, 7) is 3.42. The number of piperidine rings is 1. The van der Waals surface area contributed by atoms with Gasteiger partial charge >= 0.3 is 0 Å². The largest absolute Gasteiger partial charge is 0.325 e. The van der Waals surface area contributed by atoms with Gasteiger partial charge in [-0.1, -0.05) is 11.6 Å². The molecule has 1 fully saturated rings. The predicted molar refractivity (Wildman–Crippen MR) is 80.7 cm³/mol. The van der Waals surface area contributed by atoms with Crippen LogP contribution in [0.15, 0.2) is 18.2 Å². The second-order valence-electron chi connectivity index (χ2n) is 5.45. The SMILES string of the molecule is C[C@@H]1CCCC[NH+]1CC(=O)Nc1cc(Cl)ccc1[N+](=O)[O-]. The summed E-state index contributed by atoms with van der Waals surface area (Å²) < 4.78 is 0. The van der Waals surface area contributed by atoms with E-state index >= 15 is 0 Å². The summed E-state index contributed by atoms with van der Waals surface area (Å²) in [7, 11) is 0. The molecule has 0 aliphatic carbocycles. The fourth-order valence-corrected chi connectivity index (χ4v) is 2.86. The Balaban J connectivity index is 2.05. The number of nitro benzene ring substituents is 1. The van der Waals surface area contributed by atoms with Gasteiger partial charge in [-0.3, -0.25) is 14.9 Å². The van der Waals surface area contributed by atoms with Crippen LogP contribution in [-0.4, -0.2) is 30.0 Å². The van der Waals surface area contributed by atoms with E-state index in [4.69, 9.17) is 11.6 Å². The molecular formula is C14H19ClN3O3+. The summed E-state index contributed by atoms with van der Waals surface area (Å²) in [6, 6.07) is 4.59. The van der Waals surface area contributed by atoms with E-state index in [1.807, 2.05) is 0 Å². The minimum Gasteiger partial charge on any atom is -0.325 e. The third-order valence-electron chi connectivity index (χ3n) is 3.90. The van der Waals surface area contributed by atoms with Crippen LogP contribution < -0.4 is 10.2 Å². The molecule has 1 aliphatic heterocycles. The molecule has 1 amide bonds. The van der Waals surface area contributed by atoms with Crippen LogP contribution in [0.3, 0.4) is 0 Å². The van der Waals surface area contributed by atoms with Crippen molar-refractivity contribution >= 4 is 28.9 Å². The molecule has 0 radical (unpaired) electrons. The predicted octanol–water partition coefficient (Wildman–Crippen LogP) is 1.64. The number of benzene rings is 1. The number of hydrogen-bond donors (Lipinski definition) is 2. The van der Waals surface area contributed by atoms with Gasteiger partial charge in [0.05, 0.1) is 17.5 Å². The molecule has 1 aromatic carbocycles. The Kier molecular flexibility index (Phi) is 5.14. The molecule has 1 heterocycles. The zero-order chi connectivity index (χ0) is 15.4. The molecule has 1 saturated heterocycles. The number of likely N-dealkylation sites (tertiary alicyclic amines) is 1. The monoisotopic (exact) mass is 312 g/mol. The van der Waals surface area contributed by atoms with E-state index < -0.39 is 4.92 Å². The summed E-state index contributed by atoms with van der Waals surface area (Å²) >= 11 is 5.84. The molecule has 0 bridgehead atoms. The molecular weight excluding hydrogens is 294 g/mol. The van der Waals surface area contributed by atoms with Crippen LogP contribution >= 0.6 is 11.6 Å². The first kappa shape index (κ1) is 15.7. The number of nitrogens with one attached hydrogen (secondary N) is 2. The molecule has 0 saturated carbocycles. The van der Waals surface area contributed by atoms with E-state index in [1.54, 1.807) is 0 Å². The van der Waals surface area contributed by atoms with Gasteiger partial charge in [0.2, 0.25) is 0 Å². The second-order valence-corrected chi connectivity index (χ2v) is 5.89. The van der Waals surface area contributed by atoms with E-state index in [-0.39, 0.29) is 17.3 Å². The normalized spacial score (nSPS) is 21.8. The Labute approximate surface area is 128 Å². The summed E-state index contributed by atoms with van der Waals surface area (Å²) in [5.41, 5.74) is 0.0102. The molecule has 1 aliphatic rings. The number of halogens is 1.